The lowest BCUT2D eigenvalue weighted by Crippen LogP contribution is -2.38. The molecule has 25 heavy (non-hydrogen) atoms. The van der Waals surface area contributed by atoms with E-state index in [0.29, 0.717) is 12.3 Å². The zero-order chi connectivity index (χ0) is 18.2. The van der Waals surface area contributed by atoms with Gasteiger partial charge in [-0.3, -0.25) is 4.79 Å². The maximum Gasteiger partial charge on any atom is 0.168 e. The summed E-state index contributed by atoms with van der Waals surface area (Å²) in [6.07, 6.45) is 7.21. The molecular weight excluding hydrogens is 332 g/mol. The number of rotatable bonds is 6. The highest BCUT2D eigenvalue weighted by atomic mass is 32.1. The molecule has 1 aliphatic heterocycles. The molecule has 136 valence electrons. The number of anilines is 1. The first-order valence-electron chi connectivity index (χ1n) is 9.16. The van der Waals surface area contributed by atoms with E-state index in [1.54, 1.807) is 17.5 Å². The topological polar surface area (TPSA) is 59.8 Å². The van der Waals surface area contributed by atoms with Crippen LogP contribution in [0.5, 0.6) is 0 Å². The van der Waals surface area contributed by atoms with Gasteiger partial charge in [0.1, 0.15) is 10.8 Å². The predicted molar refractivity (Wildman–Crippen MR) is 102 cm³/mol. The summed E-state index contributed by atoms with van der Waals surface area (Å²) in [5.41, 5.74) is 0.566. The Morgan fingerprint density at radius 2 is 2.12 bits per heavy atom. The van der Waals surface area contributed by atoms with Gasteiger partial charge in [0.2, 0.25) is 0 Å². The summed E-state index contributed by atoms with van der Waals surface area (Å²) in [5.74, 6) is 1.48. The molecule has 2 aromatic rings. The number of aromatic nitrogens is 3. The molecule has 0 saturated carbocycles. The maximum atomic E-state index is 12.9. The molecule has 0 aromatic carbocycles. The Morgan fingerprint density at radius 3 is 2.72 bits per heavy atom. The number of nitrogens with zero attached hydrogens (tertiary/aromatic N) is 3. The average molecular weight is 361 g/mol. The van der Waals surface area contributed by atoms with Gasteiger partial charge < -0.3 is 5.32 Å². The second-order valence-corrected chi connectivity index (χ2v) is 8.92. The van der Waals surface area contributed by atoms with Crippen molar-refractivity contribution >= 4 is 22.9 Å². The van der Waals surface area contributed by atoms with Gasteiger partial charge in [-0.1, -0.05) is 26.7 Å². The van der Waals surface area contributed by atoms with E-state index in [1.807, 2.05) is 10.9 Å². The van der Waals surface area contributed by atoms with E-state index in [9.17, 15) is 4.79 Å². The Morgan fingerprint density at radius 1 is 1.40 bits per heavy atom. The number of fused-ring (bicyclic) bond motifs is 1. The molecule has 0 spiro atoms. The molecule has 2 aromatic heterocycles. The number of carbonyl (C=O) groups excluding carboxylic acids is 1. The summed E-state index contributed by atoms with van der Waals surface area (Å²) in [6.45, 7) is 10.7. The molecule has 1 N–H and O–H groups in total. The Bertz CT molecular complexity index is 757. The van der Waals surface area contributed by atoms with E-state index in [0.717, 1.165) is 35.7 Å². The molecule has 0 amide bonds. The quantitative estimate of drug-likeness (QED) is 0.741. The third kappa shape index (κ3) is 3.50. The number of hydrogen-bond donors (Lipinski definition) is 1. The molecular formula is C19H28N4OS. The normalized spacial score (nSPS) is 18.9. The van der Waals surface area contributed by atoms with Gasteiger partial charge in [0.15, 0.2) is 5.78 Å². The van der Waals surface area contributed by atoms with Crippen LogP contribution in [0, 0.1) is 12.8 Å². The molecule has 1 aliphatic rings. The van der Waals surface area contributed by atoms with Crippen LogP contribution in [0.2, 0.25) is 0 Å². The van der Waals surface area contributed by atoms with Crippen LogP contribution in [0.3, 0.4) is 0 Å². The average Bonchev–Trinajstić information content (AvgIpc) is 3.18. The highest BCUT2D eigenvalue weighted by Crippen LogP contribution is 2.41. The molecule has 0 radical (unpaired) electrons. The fraction of sp³-hybridized carbons (Fsp3) is 0.632. The van der Waals surface area contributed by atoms with E-state index >= 15 is 0 Å². The lowest BCUT2D eigenvalue weighted by atomic mass is 9.91. The van der Waals surface area contributed by atoms with Gasteiger partial charge in [0.25, 0.3) is 0 Å². The summed E-state index contributed by atoms with van der Waals surface area (Å²) in [7, 11) is 0. The van der Waals surface area contributed by atoms with E-state index in [4.69, 9.17) is 0 Å². The van der Waals surface area contributed by atoms with Gasteiger partial charge in [0.05, 0.1) is 23.3 Å². The predicted octanol–water partition coefficient (Wildman–Crippen LogP) is 4.95. The monoisotopic (exact) mass is 360 g/mol. The highest BCUT2D eigenvalue weighted by Gasteiger charge is 2.37. The second-order valence-electron chi connectivity index (χ2n) is 7.65. The lowest BCUT2D eigenvalue weighted by molar-refractivity contribution is 0.0959. The molecule has 5 nitrogen and oxygen atoms in total. The minimum atomic E-state index is -0.154. The van der Waals surface area contributed by atoms with Crippen LogP contribution in [-0.4, -0.2) is 20.5 Å². The number of hydrogen-bond acceptors (Lipinski definition) is 5. The van der Waals surface area contributed by atoms with E-state index < -0.39 is 0 Å². The first-order valence-corrected chi connectivity index (χ1v) is 9.98. The van der Waals surface area contributed by atoms with Gasteiger partial charge in [-0.2, -0.15) is 5.10 Å². The van der Waals surface area contributed by atoms with Crippen molar-refractivity contribution in [1.29, 1.82) is 0 Å². The number of carbonyl (C=O) groups is 1. The van der Waals surface area contributed by atoms with E-state index in [-0.39, 0.29) is 17.4 Å². The fourth-order valence-electron chi connectivity index (χ4n) is 3.58. The molecule has 0 aliphatic carbocycles. The zero-order valence-electron chi connectivity index (χ0n) is 15.8. The van der Waals surface area contributed by atoms with Crippen LogP contribution in [0.25, 0.3) is 0 Å². The van der Waals surface area contributed by atoms with Crippen molar-refractivity contribution in [2.24, 2.45) is 5.92 Å². The number of thiazole rings is 1. The summed E-state index contributed by atoms with van der Waals surface area (Å²) in [4.78, 5) is 18.6. The van der Waals surface area contributed by atoms with Crippen molar-refractivity contribution in [3.8, 4) is 0 Å². The minimum Gasteiger partial charge on any atom is -0.360 e. The van der Waals surface area contributed by atoms with Crippen LogP contribution in [-0.2, 0) is 5.54 Å². The number of ketones is 1. The summed E-state index contributed by atoms with van der Waals surface area (Å²) < 4.78 is 1.98. The Hall–Kier alpha value is -1.69. The van der Waals surface area contributed by atoms with Gasteiger partial charge >= 0.3 is 0 Å². The fourth-order valence-corrected chi connectivity index (χ4v) is 4.41. The summed E-state index contributed by atoms with van der Waals surface area (Å²) in [6, 6.07) is 0.123. The Balaban J connectivity index is 1.91. The van der Waals surface area contributed by atoms with Gasteiger partial charge in [-0.25, -0.2) is 9.67 Å². The number of nitrogens with one attached hydrogen (secondary N) is 1. The largest absolute Gasteiger partial charge is 0.360 e. The van der Waals surface area contributed by atoms with Crippen LogP contribution in [0.4, 0.5) is 5.82 Å². The Kier molecular flexibility index (Phi) is 5.00. The van der Waals surface area contributed by atoms with Crippen molar-refractivity contribution in [3.63, 3.8) is 0 Å². The third-order valence-electron chi connectivity index (χ3n) is 5.22. The van der Waals surface area contributed by atoms with Crippen molar-refractivity contribution in [1.82, 2.24) is 14.8 Å². The van der Waals surface area contributed by atoms with Gasteiger partial charge in [-0.15, -0.1) is 11.3 Å². The molecule has 1 atom stereocenters. The molecule has 0 fully saturated rings. The van der Waals surface area contributed by atoms with Crippen LogP contribution >= 0.6 is 11.3 Å². The minimum absolute atomic E-state index is 0.123. The van der Waals surface area contributed by atoms with Gasteiger partial charge in [0, 0.05) is 17.5 Å². The summed E-state index contributed by atoms with van der Waals surface area (Å²) in [5, 5.41) is 9.17. The smallest absolute Gasteiger partial charge is 0.168 e. The molecule has 0 bridgehead atoms. The van der Waals surface area contributed by atoms with Crippen LogP contribution in [0.1, 0.15) is 79.7 Å². The molecule has 1 unspecified atom stereocenters. The van der Waals surface area contributed by atoms with Crippen molar-refractivity contribution < 1.29 is 4.79 Å². The lowest BCUT2D eigenvalue weighted by Gasteiger charge is -2.37. The number of Topliss-reactive ketones (excluding diaryl/α,β-unsaturated/α-hetero) is 1. The van der Waals surface area contributed by atoms with E-state index in [1.165, 1.54) is 4.88 Å². The molecule has 0 saturated heterocycles. The summed E-state index contributed by atoms with van der Waals surface area (Å²) >= 11 is 1.72. The molecule has 3 heterocycles. The second kappa shape index (κ2) is 6.90. The van der Waals surface area contributed by atoms with Crippen molar-refractivity contribution in [2.45, 2.75) is 71.9 Å². The van der Waals surface area contributed by atoms with E-state index in [2.05, 4.69) is 50.0 Å². The van der Waals surface area contributed by atoms with Gasteiger partial charge in [-0.05, 0) is 33.1 Å². The molecule has 6 heteroatoms. The molecule has 3 rings (SSSR count). The highest BCUT2D eigenvalue weighted by molar-refractivity contribution is 7.11. The first-order chi connectivity index (χ1) is 11.9. The van der Waals surface area contributed by atoms with Crippen molar-refractivity contribution in [3.05, 3.63) is 27.8 Å². The zero-order valence-corrected chi connectivity index (χ0v) is 16.6. The van der Waals surface area contributed by atoms with Crippen LogP contribution < -0.4 is 5.32 Å². The van der Waals surface area contributed by atoms with Crippen molar-refractivity contribution in [2.75, 3.05) is 5.32 Å². The standard InChI is InChI=1S/C19H28N4OS/c1-6-13(7-2)8-16(24)14-11-21-23-17(14)22-15(9-19(23,4)5)18-20-10-12(3)25-18/h10-11,13,15,22H,6-9H2,1-5H3. The number of aryl methyl sites for hydroxylation is 1. The Labute approximate surface area is 153 Å². The third-order valence-corrected chi connectivity index (χ3v) is 6.25. The first kappa shape index (κ1) is 18.1. The van der Waals surface area contributed by atoms with Crippen LogP contribution in [0.15, 0.2) is 12.4 Å². The maximum absolute atomic E-state index is 12.9. The SMILES string of the molecule is CCC(CC)CC(=O)c1cnn2c1NC(c1ncc(C)s1)CC2(C)C.